The number of benzene rings is 2. The molecular formula is C18H13BrN3. The number of hydrogen-bond acceptors (Lipinski definition) is 1. The molecule has 1 N–H and O–H groups in total. The molecule has 0 saturated heterocycles. The Morgan fingerprint density at radius 2 is 2.00 bits per heavy atom. The minimum atomic E-state index is 0.809. The van der Waals surface area contributed by atoms with Gasteiger partial charge in [0.25, 0.3) is 0 Å². The van der Waals surface area contributed by atoms with E-state index in [1.807, 2.05) is 18.5 Å². The Bertz CT molecular complexity index is 919. The van der Waals surface area contributed by atoms with Crippen LogP contribution in [-0.4, -0.2) is 14.8 Å². The monoisotopic (exact) mass is 350 g/mol. The van der Waals surface area contributed by atoms with Gasteiger partial charge < -0.3 is 4.57 Å². The van der Waals surface area contributed by atoms with E-state index in [1.54, 1.807) is 0 Å². The van der Waals surface area contributed by atoms with E-state index < -0.39 is 0 Å². The molecule has 0 aliphatic rings. The highest BCUT2D eigenvalue weighted by Crippen LogP contribution is 2.23. The van der Waals surface area contributed by atoms with Gasteiger partial charge in [0.05, 0.1) is 11.7 Å². The molecule has 0 saturated carbocycles. The number of aromatic nitrogens is 3. The number of aromatic amines is 1. The summed E-state index contributed by atoms with van der Waals surface area (Å²) in [6.45, 7) is 0.809. The lowest BCUT2D eigenvalue weighted by Gasteiger charge is -2.10. The van der Waals surface area contributed by atoms with Gasteiger partial charge in [-0.05, 0) is 35.4 Å². The predicted octanol–water partition coefficient (Wildman–Crippen LogP) is 4.64. The van der Waals surface area contributed by atoms with Crippen LogP contribution in [0.4, 0.5) is 0 Å². The van der Waals surface area contributed by atoms with E-state index in [-0.39, 0.29) is 0 Å². The normalized spacial score (nSPS) is 11.1. The summed E-state index contributed by atoms with van der Waals surface area (Å²) in [4.78, 5) is 0. The Hall–Kier alpha value is -2.33. The van der Waals surface area contributed by atoms with E-state index in [2.05, 4.69) is 79.2 Å². The highest BCUT2D eigenvalue weighted by atomic mass is 79.9. The standard InChI is InChI=1S/C18H13BrN3/c19-16-7-5-14(6-8-16)18-2-1-9-22(18)12-13-3-4-15-11-20-21-17(15)10-13/h2-11H,12H2,(H,20,21). The SMILES string of the molecule is Brc1ccc(-c2c[c]cn2Cc2ccc3cn[nH]c3c2)cc1. The van der Waals surface area contributed by atoms with Crippen LogP contribution in [0.1, 0.15) is 5.56 Å². The molecule has 3 nitrogen and oxygen atoms in total. The summed E-state index contributed by atoms with van der Waals surface area (Å²) in [5.41, 5.74) is 4.66. The largest absolute Gasteiger partial charge is 0.342 e. The fourth-order valence-electron chi connectivity index (χ4n) is 2.64. The van der Waals surface area contributed by atoms with Gasteiger partial charge in [-0.1, -0.05) is 40.2 Å². The highest BCUT2D eigenvalue weighted by molar-refractivity contribution is 9.10. The molecule has 2 aromatic carbocycles. The van der Waals surface area contributed by atoms with Gasteiger partial charge >= 0.3 is 0 Å². The summed E-state index contributed by atoms with van der Waals surface area (Å²) in [5, 5.41) is 8.23. The molecule has 4 rings (SSSR count). The fourth-order valence-corrected chi connectivity index (χ4v) is 2.90. The molecule has 2 aromatic heterocycles. The summed E-state index contributed by atoms with van der Waals surface area (Å²) < 4.78 is 3.30. The van der Waals surface area contributed by atoms with E-state index in [4.69, 9.17) is 0 Å². The zero-order valence-corrected chi connectivity index (χ0v) is 13.3. The number of rotatable bonds is 3. The second kappa shape index (κ2) is 5.46. The van der Waals surface area contributed by atoms with Crippen molar-refractivity contribution in [3.63, 3.8) is 0 Å². The van der Waals surface area contributed by atoms with Gasteiger partial charge in [-0.15, -0.1) is 0 Å². The van der Waals surface area contributed by atoms with Crippen molar-refractivity contribution in [3.8, 4) is 11.3 Å². The molecule has 2 heterocycles. The van der Waals surface area contributed by atoms with Gasteiger partial charge in [0, 0.05) is 34.4 Å². The molecule has 0 aliphatic heterocycles. The molecule has 0 fully saturated rings. The lowest BCUT2D eigenvalue weighted by atomic mass is 10.1. The van der Waals surface area contributed by atoms with Gasteiger partial charge in [0.15, 0.2) is 0 Å². The van der Waals surface area contributed by atoms with Crippen molar-refractivity contribution in [3.05, 3.63) is 77.0 Å². The molecule has 1 radical (unpaired) electrons. The second-order valence-electron chi connectivity index (χ2n) is 5.25. The first-order valence-electron chi connectivity index (χ1n) is 7.04. The maximum atomic E-state index is 4.07. The molecule has 0 bridgehead atoms. The van der Waals surface area contributed by atoms with Crippen molar-refractivity contribution >= 4 is 26.8 Å². The Balaban J connectivity index is 1.68. The summed E-state index contributed by atoms with van der Waals surface area (Å²) in [5.74, 6) is 0. The molecule has 0 amide bonds. The Morgan fingerprint density at radius 1 is 1.14 bits per heavy atom. The first kappa shape index (κ1) is 13.3. The third kappa shape index (κ3) is 2.46. The molecule has 0 spiro atoms. The summed E-state index contributed by atoms with van der Waals surface area (Å²) in [6.07, 6.45) is 3.84. The summed E-state index contributed by atoms with van der Waals surface area (Å²) in [7, 11) is 0. The first-order chi connectivity index (χ1) is 10.8. The van der Waals surface area contributed by atoms with Crippen LogP contribution in [0, 0.1) is 6.07 Å². The van der Waals surface area contributed by atoms with Crippen LogP contribution in [-0.2, 0) is 6.54 Å². The molecule has 0 atom stereocenters. The number of H-pyrrole nitrogens is 1. The average Bonchev–Trinajstić information content (AvgIpc) is 3.17. The molecule has 107 valence electrons. The predicted molar refractivity (Wildman–Crippen MR) is 91.6 cm³/mol. The number of fused-ring (bicyclic) bond motifs is 1. The second-order valence-corrected chi connectivity index (χ2v) is 6.17. The van der Waals surface area contributed by atoms with Gasteiger partial charge in [0.1, 0.15) is 0 Å². The highest BCUT2D eigenvalue weighted by Gasteiger charge is 2.06. The lowest BCUT2D eigenvalue weighted by Crippen LogP contribution is -2.00. The van der Waals surface area contributed by atoms with Crippen LogP contribution in [0.2, 0.25) is 0 Å². The van der Waals surface area contributed by atoms with Crippen molar-refractivity contribution in [2.24, 2.45) is 0 Å². The molecule has 0 aliphatic carbocycles. The first-order valence-corrected chi connectivity index (χ1v) is 7.83. The molecule has 4 heteroatoms. The van der Waals surface area contributed by atoms with Gasteiger partial charge in [-0.2, -0.15) is 5.10 Å². The van der Waals surface area contributed by atoms with Crippen molar-refractivity contribution < 1.29 is 0 Å². The van der Waals surface area contributed by atoms with E-state index in [9.17, 15) is 0 Å². The van der Waals surface area contributed by atoms with Crippen LogP contribution in [0.3, 0.4) is 0 Å². The number of hydrogen-bond donors (Lipinski definition) is 1. The van der Waals surface area contributed by atoms with Gasteiger partial charge in [-0.3, -0.25) is 5.10 Å². The minimum Gasteiger partial charge on any atom is -0.342 e. The minimum absolute atomic E-state index is 0.809. The summed E-state index contributed by atoms with van der Waals surface area (Å²) in [6, 6.07) is 20.0. The van der Waals surface area contributed by atoms with E-state index in [0.29, 0.717) is 0 Å². The topological polar surface area (TPSA) is 33.6 Å². The Kier molecular flexibility index (Phi) is 3.31. The lowest BCUT2D eigenvalue weighted by molar-refractivity contribution is 0.815. The maximum Gasteiger partial charge on any atom is 0.0653 e. The van der Waals surface area contributed by atoms with Crippen molar-refractivity contribution in [1.29, 1.82) is 0 Å². The van der Waals surface area contributed by atoms with E-state index in [1.165, 1.54) is 11.1 Å². The Morgan fingerprint density at radius 3 is 2.86 bits per heavy atom. The third-order valence-electron chi connectivity index (χ3n) is 3.76. The quantitative estimate of drug-likeness (QED) is 0.573. The van der Waals surface area contributed by atoms with Crippen LogP contribution in [0.15, 0.2) is 65.4 Å². The smallest absolute Gasteiger partial charge is 0.0653 e. The van der Waals surface area contributed by atoms with Crippen molar-refractivity contribution in [2.75, 3.05) is 0 Å². The van der Waals surface area contributed by atoms with E-state index in [0.717, 1.165) is 27.6 Å². The number of nitrogens with one attached hydrogen (secondary N) is 1. The van der Waals surface area contributed by atoms with Crippen LogP contribution in [0.25, 0.3) is 22.2 Å². The maximum absolute atomic E-state index is 4.07. The number of halogens is 1. The van der Waals surface area contributed by atoms with Gasteiger partial charge in [0.2, 0.25) is 0 Å². The van der Waals surface area contributed by atoms with Crippen LogP contribution >= 0.6 is 15.9 Å². The van der Waals surface area contributed by atoms with Crippen LogP contribution in [0.5, 0.6) is 0 Å². The van der Waals surface area contributed by atoms with Crippen molar-refractivity contribution in [1.82, 2.24) is 14.8 Å². The van der Waals surface area contributed by atoms with E-state index >= 15 is 0 Å². The fraction of sp³-hybridized carbons (Fsp3) is 0.0556. The molecule has 22 heavy (non-hydrogen) atoms. The summed E-state index contributed by atoms with van der Waals surface area (Å²) >= 11 is 3.48. The third-order valence-corrected chi connectivity index (χ3v) is 4.29. The number of nitrogens with zero attached hydrogens (tertiary/aromatic N) is 2. The van der Waals surface area contributed by atoms with Crippen molar-refractivity contribution in [2.45, 2.75) is 6.54 Å². The molecule has 0 unspecified atom stereocenters. The van der Waals surface area contributed by atoms with Gasteiger partial charge in [-0.25, -0.2) is 0 Å². The molecular weight excluding hydrogens is 338 g/mol. The Labute approximate surface area is 136 Å². The zero-order chi connectivity index (χ0) is 14.9. The zero-order valence-electron chi connectivity index (χ0n) is 11.8. The molecule has 4 aromatic rings. The van der Waals surface area contributed by atoms with Crippen LogP contribution < -0.4 is 0 Å². The average molecular weight is 351 g/mol.